The van der Waals surface area contributed by atoms with Crippen LogP contribution in [-0.2, 0) is 23.9 Å². The van der Waals surface area contributed by atoms with Crippen molar-refractivity contribution in [2.75, 3.05) is 32.8 Å². The van der Waals surface area contributed by atoms with Gasteiger partial charge < -0.3 is 30.6 Å². The van der Waals surface area contributed by atoms with Gasteiger partial charge in [-0.2, -0.15) is 0 Å². The fourth-order valence-corrected chi connectivity index (χ4v) is 8.38. The first kappa shape index (κ1) is 32.8. The molecule has 6 rings (SSSR count). The third kappa shape index (κ3) is 7.06. The van der Waals surface area contributed by atoms with Crippen molar-refractivity contribution in [3.63, 3.8) is 0 Å². The van der Waals surface area contributed by atoms with Gasteiger partial charge in [-0.05, 0) is 74.5 Å². The smallest absolute Gasteiger partial charge is 0.289 e. The number of carbonyl (C=O) groups is 5. The second-order valence-corrected chi connectivity index (χ2v) is 14.1. The first-order chi connectivity index (χ1) is 22.2. The van der Waals surface area contributed by atoms with Crippen LogP contribution in [0.2, 0.25) is 10.0 Å². The molecule has 11 nitrogen and oxygen atoms in total. The molecule has 5 atom stereocenters. The van der Waals surface area contributed by atoms with Crippen molar-refractivity contribution in [2.24, 2.45) is 23.7 Å². The SMILES string of the molecule is O=C(NCCOCC1CCCC1)C(=O)C(CC1CCNC1=O)NC(=O)C1C2CCCC2CN1C(=O)c1cc2c(Cl)cc(Cl)cc2[nH]1. The molecule has 4 aliphatic rings. The Balaban J connectivity index is 1.15. The molecule has 0 spiro atoms. The number of likely N-dealkylation sites (tertiary alicyclic amines) is 1. The van der Waals surface area contributed by atoms with E-state index in [1.807, 2.05) is 0 Å². The molecule has 2 aromatic rings. The van der Waals surface area contributed by atoms with Crippen molar-refractivity contribution < 1.29 is 28.7 Å². The van der Waals surface area contributed by atoms with Crippen molar-refractivity contribution in [3.8, 4) is 0 Å². The fraction of sp³-hybridized carbons (Fsp3) is 0.606. The van der Waals surface area contributed by atoms with Gasteiger partial charge in [-0.3, -0.25) is 24.0 Å². The lowest BCUT2D eigenvalue weighted by Gasteiger charge is -2.29. The van der Waals surface area contributed by atoms with E-state index in [1.54, 1.807) is 23.1 Å². The maximum atomic E-state index is 14.1. The molecule has 2 saturated carbocycles. The number of ether oxygens (including phenoxy) is 1. The van der Waals surface area contributed by atoms with Gasteiger partial charge >= 0.3 is 0 Å². The fourth-order valence-electron chi connectivity index (χ4n) is 7.83. The Hall–Kier alpha value is -3.15. The molecule has 4 N–H and O–H groups in total. The van der Waals surface area contributed by atoms with Crippen LogP contribution in [0, 0.1) is 23.7 Å². The molecular weight excluding hydrogens is 633 g/mol. The van der Waals surface area contributed by atoms with Crippen molar-refractivity contribution in [2.45, 2.75) is 69.9 Å². The van der Waals surface area contributed by atoms with Gasteiger partial charge in [0.15, 0.2) is 0 Å². The van der Waals surface area contributed by atoms with Crippen LogP contribution < -0.4 is 16.0 Å². The van der Waals surface area contributed by atoms with Crippen LogP contribution in [0.15, 0.2) is 18.2 Å². The molecule has 248 valence electrons. The van der Waals surface area contributed by atoms with Crippen LogP contribution in [0.1, 0.15) is 68.3 Å². The van der Waals surface area contributed by atoms with E-state index < -0.39 is 35.6 Å². The highest BCUT2D eigenvalue weighted by Gasteiger charge is 2.50. The summed E-state index contributed by atoms with van der Waals surface area (Å²) in [5.74, 6) is -2.62. The Bertz CT molecular complexity index is 1510. The number of benzene rings is 1. The zero-order valence-electron chi connectivity index (χ0n) is 25.7. The molecule has 2 saturated heterocycles. The molecular formula is C33H41Cl2N5O6. The Morgan fingerprint density at radius 2 is 1.83 bits per heavy atom. The van der Waals surface area contributed by atoms with E-state index in [1.165, 1.54) is 12.8 Å². The minimum absolute atomic E-state index is 0.00194. The Kier molecular flexibility index (Phi) is 10.2. The van der Waals surface area contributed by atoms with Crippen LogP contribution in [0.4, 0.5) is 0 Å². The molecule has 3 heterocycles. The van der Waals surface area contributed by atoms with Gasteiger partial charge in [0.2, 0.25) is 17.6 Å². The number of ketones is 1. The minimum atomic E-state index is -1.22. The normalized spacial score (nSPS) is 25.1. The molecule has 46 heavy (non-hydrogen) atoms. The molecule has 2 aliphatic heterocycles. The van der Waals surface area contributed by atoms with E-state index >= 15 is 0 Å². The predicted molar refractivity (Wildman–Crippen MR) is 172 cm³/mol. The van der Waals surface area contributed by atoms with Crippen LogP contribution in [-0.4, -0.2) is 84.2 Å². The van der Waals surface area contributed by atoms with Crippen LogP contribution in [0.3, 0.4) is 0 Å². The van der Waals surface area contributed by atoms with Gasteiger partial charge in [0.25, 0.3) is 11.8 Å². The largest absolute Gasteiger partial charge is 0.379 e. The number of fused-ring (bicyclic) bond motifs is 2. The molecule has 13 heteroatoms. The van der Waals surface area contributed by atoms with E-state index in [-0.39, 0.29) is 48.9 Å². The summed E-state index contributed by atoms with van der Waals surface area (Å²) < 4.78 is 5.70. The predicted octanol–water partition coefficient (Wildman–Crippen LogP) is 3.62. The maximum absolute atomic E-state index is 14.1. The second-order valence-electron chi connectivity index (χ2n) is 13.2. The number of aromatic amines is 1. The van der Waals surface area contributed by atoms with E-state index in [4.69, 9.17) is 27.9 Å². The van der Waals surface area contributed by atoms with E-state index in [0.717, 1.165) is 32.1 Å². The number of halogens is 2. The number of nitrogens with one attached hydrogen (secondary N) is 4. The zero-order valence-corrected chi connectivity index (χ0v) is 27.3. The number of Topliss-reactive ketones (excluding diaryl/α,β-unsaturated/α-hetero) is 1. The topological polar surface area (TPSA) is 150 Å². The molecule has 4 amide bonds. The Morgan fingerprint density at radius 1 is 1.02 bits per heavy atom. The van der Waals surface area contributed by atoms with Gasteiger partial charge in [0.1, 0.15) is 11.7 Å². The van der Waals surface area contributed by atoms with Crippen LogP contribution in [0.5, 0.6) is 0 Å². The molecule has 5 unspecified atom stereocenters. The van der Waals surface area contributed by atoms with Crippen molar-refractivity contribution in [1.29, 1.82) is 0 Å². The monoisotopic (exact) mass is 673 g/mol. The molecule has 1 aromatic carbocycles. The number of hydrogen-bond acceptors (Lipinski definition) is 6. The molecule has 1 aromatic heterocycles. The Labute approximate surface area is 277 Å². The average molecular weight is 675 g/mol. The lowest BCUT2D eigenvalue weighted by atomic mass is 9.91. The lowest BCUT2D eigenvalue weighted by Crippen LogP contribution is -2.55. The molecule has 4 fully saturated rings. The first-order valence-electron chi connectivity index (χ1n) is 16.5. The quantitative estimate of drug-likeness (QED) is 0.200. The minimum Gasteiger partial charge on any atom is -0.379 e. The van der Waals surface area contributed by atoms with Gasteiger partial charge in [0, 0.05) is 48.1 Å². The van der Waals surface area contributed by atoms with Gasteiger partial charge in [-0.15, -0.1) is 0 Å². The van der Waals surface area contributed by atoms with Crippen molar-refractivity contribution in [3.05, 3.63) is 33.9 Å². The summed E-state index contributed by atoms with van der Waals surface area (Å²) in [6.45, 7) is 1.95. The number of carbonyl (C=O) groups excluding carboxylic acids is 5. The molecule has 0 radical (unpaired) electrons. The summed E-state index contributed by atoms with van der Waals surface area (Å²) in [6, 6.07) is 2.90. The average Bonchev–Trinajstić information content (AvgIpc) is 3.85. The standard InChI is InChI=1S/C33H41Cl2N5O6/c34-21-13-24(35)23-15-27(38-25(23)14-21)33(45)40-16-20-6-3-7-22(20)28(40)31(43)39-26(12-19-8-9-36-30(19)42)29(41)32(44)37-10-11-46-17-18-4-1-2-5-18/h13-15,18-20,22,26,28,38H,1-12,16-17H2,(H,36,42)(H,37,44)(H,39,43). The number of nitrogens with zero attached hydrogens (tertiary/aromatic N) is 1. The number of hydrogen-bond donors (Lipinski definition) is 4. The highest BCUT2D eigenvalue weighted by Crippen LogP contribution is 2.43. The van der Waals surface area contributed by atoms with Gasteiger partial charge in [-0.25, -0.2) is 0 Å². The van der Waals surface area contributed by atoms with Crippen LogP contribution in [0.25, 0.3) is 10.9 Å². The zero-order chi connectivity index (χ0) is 32.4. The third-order valence-electron chi connectivity index (χ3n) is 10.2. The van der Waals surface area contributed by atoms with Crippen LogP contribution >= 0.6 is 23.2 Å². The summed E-state index contributed by atoms with van der Waals surface area (Å²) in [5.41, 5.74) is 0.887. The first-order valence-corrected chi connectivity index (χ1v) is 17.2. The van der Waals surface area contributed by atoms with Gasteiger partial charge in [0.05, 0.1) is 17.7 Å². The molecule has 0 bridgehead atoms. The number of H-pyrrole nitrogens is 1. The number of aromatic nitrogens is 1. The van der Waals surface area contributed by atoms with Crippen molar-refractivity contribution >= 4 is 63.5 Å². The second kappa shape index (κ2) is 14.3. The summed E-state index contributed by atoms with van der Waals surface area (Å²) in [6.07, 6.45) is 7.83. The highest BCUT2D eigenvalue weighted by atomic mass is 35.5. The van der Waals surface area contributed by atoms with Gasteiger partial charge in [-0.1, -0.05) is 42.5 Å². The maximum Gasteiger partial charge on any atom is 0.289 e. The number of rotatable bonds is 12. The van der Waals surface area contributed by atoms with E-state index in [0.29, 0.717) is 53.0 Å². The summed E-state index contributed by atoms with van der Waals surface area (Å²) in [4.78, 5) is 71.5. The number of amides is 4. The highest BCUT2D eigenvalue weighted by molar-refractivity contribution is 6.39. The summed E-state index contributed by atoms with van der Waals surface area (Å²) in [7, 11) is 0. The van der Waals surface area contributed by atoms with E-state index in [9.17, 15) is 24.0 Å². The lowest BCUT2D eigenvalue weighted by molar-refractivity contribution is -0.141. The summed E-state index contributed by atoms with van der Waals surface area (Å²) in [5, 5.41) is 9.67. The third-order valence-corrected chi connectivity index (χ3v) is 10.7. The Morgan fingerprint density at radius 3 is 2.59 bits per heavy atom. The molecule has 2 aliphatic carbocycles. The van der Waals surface area contributed by atoms with E-state index in [2.05, 4.69) is 20.9 Å². The van der Waals surface area contributed by atoms with Crippen molar-refractivity contribution in [1.82, 2.24) is 25.8 Å². The summed E-state index contributed by atoms with van der Waals surface area (Å²) >= 11 is 12.5.